The van der Waals surface area contributed by atoms with E-state index in [1.54, 1.807) is 13.2 Å². The summed E-state index contributed by atoms with van der Waals surface area (Å²) < 4.78 is 5.18. The van der Waals surface area contributed by atoms with Crippen molar-refractivity contribution >= 4 is 24.4 Å². The molecule has 5 heteroatoms. The normalized spacial score (nSPS) is 19.6. The van der Waals surface area contributed by atoms with E-state index < -0.39 is 0 Å². The fourth-order valence-electron chi connectivity index (χ4n) is 2.66. The molecule has 2 N–H and O–H groups in total. The molecule has 22 heavy (non-hydrogen) atoms. The highest BCUT2D eigenvalue weighted by molar-refractivity contribution is 5.91. The lowest BCUT2D eigenvalue weighted by Gasteiger charge is -2.34. The monoisotopic (exact) mass is 324 g/mol. The van der Waals surface area contributed by atoms with Crippen molar-refractivity contribution in [2.45, 2.75) is 25.8 Å². The van der Waals surface area contributed by atoms with Crippen LogP contribution in [0, 0.1) is 5.92 Å². The highest BCUT2D eigenvalue weighted by atomic mass is 35.5. The molecule has 1 amide bonds. The first-order valence-electron chi connectivity index (χ1n) is 7.47. The number of carbonyl (C=O) groups is 1. The maximum atomic E-state index is 12.3. The molecule has 2 atom stereocenters. The van der Waals surface area contributed by atoms with Crippen molar-refractivity contribution in [3.63, 3.8) is 0 Å². The molecule has 0 radical (unpaired) electrons. The van der Waals surface area contributed by atoms with Crippen molar-refractivity contribution in [3.8, 4) is 5.75 Å². The number of nitrogens with two attached hydrogens (primary N) is 1. The molecule has 1 aliphatic rings. The maximum Gasteiger partial charge on any atom is 0.246 e. The summed E-state index contributed by atoms with van der Waals surface area (Å²) in [5.41, 5.74) is 6.92. The Kier molecular flexibility index (Phi) is 7.42. The van der Waals surface area contributed by atoms with Gasteiger partial charge < -0.3 is 15.4 Å². The first kappa shape index (κ1) is 18.5. The van der Waals surface area contributed by atoms with Crippen molar-refractivity contribution < 1.29 is 9.53 Å². The molecule has 4 nitrogen and oxygen atoms in total. The summed E-state index contributed by atoms with van der Waals surface area (Å²) in [6.07, 6.45) is 5.62. The van der Waals surface area contributed by atoms with Gasteiger partial charge in [-0.3, -0.25) is 4.79 Å². The van der Waals surface area contributed by atoms with Crippen LogP contribution in [0.25, 0.3) is 6.08 Å². The molecule has 0 spiro atoms. The lowest BCUT2D eigenvalue weighted by atomic mass is 9.92. The number of nitrogens with zero attached hydrogens (tertiary/aromatic N) is 1. The quantitative estimate of drug-likeness (QED) is 0.866. The van der Waals surface area contributed by atoms with E-state index >= 15 is 0 Å². The summed E-state index contributed by atoms with van der Waals surface area (Å²) in [5.74, 6) is 1.26. The molecule has 1 aromatic rings. The number of amides is 1. The Labute approximate surface area is 138 Å². The van der Waals surface area contributed by atoms with Crippen LogP contribution in [0.1, 0.15) is 25.3 Å². The third-order valence-electron chi connectivity index (χ3n) is 4.03. The fourth-order valence-corrected chi connectivity index (χ4v) is 2.66. The van der Waals surface area contributed by atoms with Crippen LogP contribution in [0.4, 0.5) is 0 Å². The number of hydrogen-bond donors (Lipinski definition) is 1. The second-order valence-corrected chi connectivity index (χ2v) is 5.66. The Morgan fingerprint density at radius 1 is 1.50 bits per heavy atom. The van der Waals surface area contributed by atoms with Crippen LogP contribution in [0.2, 0.25) is 0 Å². The van der Waals surface area contributed by atoms with E-state index in [9.17, 15) is 4.79 Å². The van der Waals surface area contributed by atoms with Gasteiger partial charge in [-0.05, 0) is 49.5 Å². The zero-order valence-corrected chi connectivity index (χ0v) is 14.0. The lowest BCUT2D eigenvalue weighted by molar-refractivity contribution is -0.127. The maximum absolute atomic E-state index is 12.3. The van der Waals surface area contributed by atoms with Gasteiger partial charge in [-0.25, -0.2) is 0 Å². The minimum Gasteiger partial charge on any atom is -0.497 e. The Hall–Kier alpha value is -1.52. The summed E-state index contributed by atoms with van der Waals surface area (Å²) in [7, 11) is 1.63. The van der Waals surface area contributed by atoms with Crippen molar-refractivity contribution in [1.29, 1.82) is 0 Å². The van der Waals surface area contributed by atoms with Gasteiger partial charge in [0.15, 0.2) is 0 Å². The Balaban J connectivity index is 0.00000242. The number of halogens is 1. The minimum absolute atomic E-state index is 0. The first-order valence-corrected chi connectivity index (χ1v) is 7.47. The summed E-state index contributed by atoms with van der Waals surface area (Å²) in [6, 6.07) is 7.80. The van der Waals surface area contributed by atoms with E-state index in [2.05, 4.69) is 0 Å². The standard InChI is InChI=1S/C17H24N2O2.ClH/c1-13(18)15-6-4-10-19(12-15)17(20)9-8-14-5-3-7-16(11-14)21-2;/h3,5,7-9,11,13,15H,4,6,10,12,18H2,1-2H3;1H. The number of benzene rings is 1. The van der Waals surface area contributed by atoms with Gasteiger partial charge in [0.25, 0.3) is 0 Å². The van der Waals surface area contributed by atoms with E-state index in [0.29, 0.717) is 5.92 Å². The number of piperidine rings is 1. The van der Waals surface area contributed by atoms with Gasteiger partial charge >= 0.3 is 0 Å². The summed E-state index contributed by atoms with van der Waals surface area (Å²) in [6.45, 7) is 3.61. The van der Waals surface area contributed by atoms with Crippen LogP contribution >= 0.6 is 12.4 Å². The van der Waals surface area contributed by atoms with Gasteiger partial charge in [0.2, 0.25) is 5.91 Å². The molecule has 0 aliphatic carbocycles. The van der Waals surface area contributed by atoms with Crippen molar-refractivity contribution in [2.75, 3.05) is 20.2 Å². The van der Waals surface area contributed by atoms with Crippen molar-refractivity contribution in [2.24, 2.45) is 11.7 Å². The number of hydrogen-bond acceptors (Lipinski definition) is 3. The van der Waals surface area contributed by atoms with E-state index in [4.69, 9.17) is 10.5 Å². The SMILES string of the molecule is COc1cccc(C=CC(=O)N2CCCC(C(C)N)C2)c1.Cl. The molecule has 0 saturated carbocycles. The predicted octanol–water partition coefficient (Wildman–Crippen LogP) is 2.72. The number of methoxy groups -OCH3 is 1. The van der Waals surface area contributed by atoms with E-state index in [-0.39, 0.29) is 24.4 Å². The van der Waals surface area contributed by atoms with E-state index in [1.807, 2.05) is 42.2 Å². The molecule has 1 fully saturated rings. The van der Waals surface area contributed by atoms with Gasteiger partial charge in [-0.1, -0.05) is 12.1 Å². The topological polar surface area (TPSA) is 55.6 Å². The van der Waals surface area contributed by atoms with Crippen LogP contribution in [0.3, 0.4) is 0 Å². The first-order chi connectivity index (χ1) is 10.1. The lowest BCUT2D eigenvalue weighted by Crippen LogP contribution is -2.44. The molecule has 1 heterocycles. The van der Waals surface area contributed by atoms with Gasteiger partial charge in [0, 0.05) is 25.2 Å². The third kappa shape index (κ3) is 5.04. The summed E-state index contributed by atoms with van der Waals surface area (Å²) in [5, 5.41) is 0. The average Bonchev–Trinajstić information content (AvgIpc) is 2.53. The minimum atomic E-state index is 0. The number of likely N-dealkylation sites (tertiary alicyclic amines) is 1. The Morgan fingerprint density at radius 2 is 2.27 bits per heavy atom. The van der Waals surface area contributed by atoms with Crippen LogP contribution in [0.5, 0.6) is 5.75 Å². The summed E-state index contributed by atoms with van der Waals surface area (Å²) >= 11 is 0. The smallest absolute Gasteiger partial charge is 0.246 e. The van der Waals surface area contributed by atoms with E-state index in [0.717, 1.165) is 37.2 Å². The third-order valence-corrected chi connectivity index (χ3v) is 4.03. The van der Waals surface area contributed by atoms with Gasteiger partial charge in [0.05, 0.1) is 7.11 Å². The van der Waals surface area contributed by atoms with Gasteiger partial charge in [-0.2, -0.15) is 0 Å². The molecule has 2 rings (SSSR count). The highest BCUT2D eigenvalue weighted by Gasteiger charge is 2.24. The highest BCUT2D eigenvalue weighted by Crippen LogP contribution is 2.19. The van der Waals surface area contributed by atoms with Crippen LogP contribution in [0.15, 0.2) is 30.3 Å². The summed E-state index contributed by atoms with van der Waals surface area (Å²) in [4.78, 5) is 14.2. The molecular weight excluding hydrogens is 300 g/mol. The molecule has 0 bridgehead atoms. The second-order valence-electron chi connectivity index (χ2n) is 5.66. The van der Waals surface area contributed by atoms with Crippen LogP contribution in [-0.2, 0) is 4.79 Å². The van der Waals surface area contributed by atoms with Crippen LogP contribution in [-0.4, -0.2) is 37.0 Å². The molecule has 0 aromatic heterocycles. The molecule has 1 aromatic carbocycles. The zero-order valence-electron chi connectivity index (χ0n) is 13.2. The Morgan fingerprint density at radius 3 is 2.95 bits per heavy atom. The zero-order chi connectivity index (χ0) is 15.2. The predicted molar refractivity (Wildman–Crippen MR) is 92.2 cm³/mol. The number of rotatable bonds is 4. The molecule has 1 saturated heterocycles. The fraction of sp³-hybridized carbons (Fsp3) is 0.471. The molecule has 2 unspecified atom stereocenters. The van der Waals surface area contributed by atoms with Gasteiger partial charge in [0.1, 0.15) is 5.75 Å². The molecule has 1 aliphatic heterocycles. The van der Waals surface area contributed by atoms with Crippen molar-refractivity contribution in [1.82, 2.24) is 4.90 Å². The van der Waals surface area contributed by atoms with Crippen molar-refractivity contribution in [3.05, 3.63) is 35.9 Å². The second kappa shape index (κ2) is 8.81. The number of carbonyl (C=O) groups excluding carboxylic acids is 1. The largest absolute Gasteiger partial charge is 0.497 e. The van der Waals surface area contributed by atoms with E-state index in [1.165, 1.54) is 0 Å². The molecular formula is C17H25ClN2O2. The van der Waals surface area contributed by atoms with Gasteiger partial charge in [-0.15, -0.1) is 12.4 Å². The molecule has 122 valence electrons. The van der Waals surface area contributed by atoms with Crippen LogP contribution < -0.4 is 10.5 Å². The number of ether oxygens (including phenoxy) is 1. The average molecular weight is 325 g/mol. The Bertz CT molecular complexity index is 517.